The van der Waals surface area contributed by atoms with E-state index in [0.717, 1.165) is 53.2 Å². The normalized spacial score (nSPS) is 30.7. The van der Waals surface area contributed by atoms with E-state index in [0.29, 0.717) is 44.9 Å². The molecule has 4 saturated carbocycles. The molecule has 0 aromatic heterocycles. The Kier molecular flexibility index (Phi) is 31.2. The van der Waals surface area contributed by atoms with Gasteiger partial charge >= 0.3 is 6.18 Å². The third-order valence-electron chi connectivity index (χ3n) is 23.5. The summed E-state index contributed by atoms with van der Waals surface area (Å²) in [6, 6.07) is -9.41. The Morgan fingerprint density at radius 3 is 1.78 bits per heavy atom. The molecule has 12 amide bonds. The van der Waals surface area contributed by atoms with Gasteiger partial charge in [0.1, 0.15) is 66.1 Å². The molecular formula is C74H119F5N12O14. The number of amides is 12. The van der Waals surface area contributed by atoms with Crippen LogP contribution in [0.5, 0.6) is 0 Å². The van der Waals surface area contributed by atoms with Gasteiger partial charge in [0.25, 0.3) is 0 Å². The summed E-state index contributed by atoms with van der Waals surface area (Å²) in [5, 5.41) is 8.63. The first-order valence-corrected chi connectivity index (χ1v) is 38.4. The minimum Gasteiger partial charge on any atom is -0.378 e. The molecule has 0 radical (unpaired) electrons. The predicted octanol–water partition coefficient (Wildman–Crippen LogP) is 5.02. The van der Waals surface area contributed by atoms with Crippen LogP contribution in [0.1, 0.15) is 182 Å². The highest BCUT2D eigenvalue weighted by molar-refractivity contribution is 6.01. The summed E-state index contributed by atoms with van der Waals surface area (Å²) in [5.74, 6) is -13.7. The number of fused-ring (bicyclic) bond motifs is 1. The third kappa shape index (κ3) is 21.8. The van der Waals surface area contributed by atoms with Crippen LogP contribution in [0.4, 0.5) is 22.0 Å². The molecule has 105 heavy (non-hydrogen) atoms. The van der Waals surface area contributed by atoms with Gasteiger partial charge in [0.2, 0.25) is 70.9 Å². The van der Waals surface area contributed by atoms with E-state index in [4.69, 9.17) is 9.47 Å². The van der Waals surface area contributed by atoms with Crippen LogP contribution in [0.3, 0.4) is 0 Å². The lowest BCUT2D eigenvalue weighted by atomic mass is 9.76. The monoisotopic (exact) mass is 1490 g/mol. The second-order valence-corrected chi connectivity index (χ2v) is 31.5. The van der Waals surface area contributed by atoms with Crippen LogP contribution >= 0.6 is 0 Å². The summed E-state index contributed by atoms with van der Waals surface area (Å²) in [6.07, 6.45) is -4.84. The van der Waals surface area contributed by atoms with Crippen molar-refractivity contribution >= 4 is 70.9 Å². The number of nitrogens with one attached hydrogen (secondary N) is 3. The molecule has 7 fully saturated rings. The first-order chi connectivity index (χ1) is 49.5. The summed E-state index contributed by atoms with van der Waals surface area (Å²) < 4.78 is 84.4. The van der Waals surface area contributed by atoms with Gasteiger partial charge in [0.15, 0.2) is 0 Å². The highest BCUT2D eigenvalue weighted by atomic mass is 19.4. The second kappa shape index (κ2) is 38.3. The molecule has 3 heterocycles. The smallest absolute Gasteiger partial charge is 0.378 e. The first kappa shape index (κ1) is 85.5. The number of likely N-dealkylation sites (N-methyl/N-ethyl adjacent to an activating group) is 7. The number of nitrogens with zero attached hydrogens (tertiary/aromatic N) is 9. The molecule has 7 aliphatic rings. The maximum absolute atomic E-state index is 15.9. The van der Waals surface area contributed by atoms with Crippen molar-refractivity contribution in [2.24, 2.45) is 35.5 Å². The van der Waals surface area contributed by atoms with Crippen molar-refractivity contribution in [2.45, 2.75) is 255 Å². The molecule has 0 bridgehead atoms. The van der Waals surface area contributed by atoms with E-state index in [1.165, 1.54) is 78.7 Å². The Balaban J connectivity index is 1.31. The topological polar surface area (TPSA) is 289 Å². The van der Waals surface area contributed by atoms with Gasteiger partial charge in [0.05, 0.1) is 45.4 Å². The minimum atomic E-state index is -5.17. The molecule has 1 spiro atoms. The van der Waals surface area contributed by atoms with Crippen LogP contribution in [0.25, 0.3) is 0 Å². The SMILES string of the molecule is CCO[C@@H]1C[C@H]2C(=O)NC3(CCCC3)C(=O)N(C)[C@@H](C3CCCCC3)C(=O)N(C)[C@H](C(=O)N3CCOCC3)CC(=O)N(C)[C@@H](CC(C)C)C(=O)N[C@@H]([C@@H](C)CC)C(=O)N(C)CC(=O)N(C)CC(=O)N(C)[C@@H](CC3CCCCC3)C(=O)N(C)CC(=O)N[C@@H](CCC3CC(F)C(C(F)(F)F)C(F)C3)C(=O)N2C1. The molecule has 0 aromatic rings. The first-order valence-electron chi connectivity index (χ1n) is 38.4. The minimum absolute atomic E-state index is 0.0291. The number of ether oxygens (including phenoxy) is 2. The molecule has 31 heteroatoms. The molecule has 3 saturated heterocycles. The number of carbonyl (C=O) groups is 12. The van der Waals surface area contributed by atoms with E-state index in [2.05, 4.69) is 16.0 Å². The Hall–Kier alpha value is -6.79. The number of carbonyl (C=O) groups excluding carboxylic acids is 12. The van der Waals surface area contributed by atoms with Crippen LogP contribution in [0.2, 0.25) is 0 Å². The molecule has 26 nitrogen and oxygen atoms in total. The van der Waals surface area contributed by atoms with Crippen molar-refractivity contribution in [3.63, 3.8) is 0 Å². The highest BCUT2D eigenvalue weighted by Gasteiger charge is 2.55. The zero-order valence-electron chi connectivity index (χ0n) is 64.0. The number of alkyl halides is 5. The van der Waals surface area contributed by atoms with Crippen LogP contribution in [0.15, 0.2) is 0 Å². The van der Waals surface area contributed by atoms with Crippen molar-refractivity contribution in [1.29, 1.82) is 0 Å². The van der Waals surface area contributed by atoms with Gasteiger partial charge in [0, 0.05) is 82.0 Å². The molecule has 3 N–H and O–H groups in total. The van der Waals surface area contributed by atoms with Gasteiger partial charge in [-0.1, -0.05) is 98.3 Å². The lowest BCUT2D eigenvalue weighted by molar-refractivity contribution is -0.219. The average molecular weight is 1500 g/mol. The summed E-state index contributed by atoms with van der Waals surface area (Å²) in [7, 11) is 9.74. The van der Waals surface area contributed by atoms with Crippen LogP contribution in [0, 0.1) is 35.5 Å². The number of hydrogen-bond donors (Lipinski definition) is 3. The largest absolute Gasteiger partial charge is 0.397 e. The Labute approximate surface area is 616 Å². The van der Waals surface area contributed by atoms with Crippen LogP contribution in [-0.4, -0.2) is 296 Å². The second-order valence-electron chi connectivity index (χ2n) is 31.5. The predicted molar refractivity (Wildman–Crippen MR) is 378 cm³/mol. The molecule has 0 aromatic carbocycles. The van der Waals surface area contributed by atoms with E-state index in [1.807, 2.05) is 20.8 Å². The third-order valence-corrected chi connectivity index (χ3v) is 23.5. The van der Waals surface area contributed by atoms with Crippen molar-refractivity contribution in [3.8, 4) is 0 Å². The maximum atomic E-state index is 15.9. The maximum Gasteiger partial charge on any atom is 0.397 e. The van der Waals surface area contributed by atoms with Gasteiger partial charge in [-0.25, -0.2) is 8.78 Å². The highest BCUT2D eigenvalue weighted by Crippen LogP contribution is 2.45. The summed E-state index contributed by atoms with van der Waals surface area (Å²) in [5.41, 5.74) is -1.68. The lowest BCUT2D eigenvalue weighted by Gasteiger charge is -2.43. The Morgan fingerprint density at radius 1 is 0.619 bits per heavy atom. The van der Waals surface area contributed by atoms with Gasteiger partial charge in [-0.3, -0.25) is 57.5 Å². The average Bonchev–Trinajstić information content (AvgIpc) is 1.74. The van der Waals surface area contributed by atoms with E-state index in [1.54, 1.807) is 13.8 Å². The fourth-order valence-electron chi connectivity index (χ4n) is 16.9. The molecular weight excluding hydrogens is 1380 g/mol. The molecule has 3 aliphatic heterocycles. The van der Waals surface area contributed by atoms with Gasteiger partial charge in [-0.2, -0.15) is 13.2 Å². The Bertz CT molecular complexity index is 3030. The molecule has 4 aliphatic carbocycles. The molecule has 7 rings (SSSR count). The summed E-state index contributed by atoms with van der Waals surface area (Å²) in [6.45, 7) is 7.61. The quantitative estimate of drug-likeness (QED) is 0.204. The van der Waals surface area contributed by atoms with Crippen molar-refractivity contribution in [1.82, 2.24) is 60.0 Å². The van der Waals surface area contributed by atoms with E-state index < -0.39 is 206 Å². The van der Waals surface area contributed by atoms with Crippen LogP contribution in [-0.2, 0) is 67.0 Å². The standard InChI is InChI=1S/C74H119F5N12O14/c1-13-46(5)63-70(101)85(8)43-60(94)83(6)44-61(95)87(10)56(38-47-23-17-15-18-24-47)68(99)84(7)42-58(92)80-53(28-27-48-36-51(75)62(52(76)37-48)74(77,78)79)67(98)91-41-50(105-14-2)39-55(91)66(97)82-73(29-21-22-30-73)72(103)89(12)64(49-25-19-16-20-26-49)71(102)88(11)57(69(100)90-31-33-104-34-32-90)40-59(93)86(9)54(35-45(3)4)65(96)81-63/h45-57,62-64H,13-44H2,1-12H3,(H,80,92)(H,81,96)(H,82,97)/t46-,48?,50+,51?,52?,53-,54-,55-,56-,57-,62?,63-,64-/m0/s1. The van der Waals surface area contributed by atoms with Gasteiger partial charge in [-0.15, -0.1) is 0 Å². The Morgan fingerprint density at radius 2 is 1.20 bits per heavy atom. The number of rotatable bonds is 13. The summed E-state index contributed by atoms with van der Waals surface area (Å²) >= 11 is 0. The number of halogens is 5. The van der Waals surface area contributed by atoms with E-state index in [-0.39, 0.29) is 96.2 Å². The fourth-order valence-corrected chi connectivity index (χ4v) is 16.9. The van der Waals surface area contributed by atoms with E-state index >= 15 is 37.5 Å². The van der Waals surface area contributed by atoms with Gasteiger partial charge < -0.3 is 69.5 Å². The number of hydrogen-bond acceptors (Lipinski definition) is 14. The van der Waals surface area contributed by atoms with Crippen molar-refractivity contribution in [3.05, 3.63) is 0 Å². The van der Waals surface area contributed by atoms with Crippen molar-refractivity contribution in [2.75, 3.05) is 108 Å². The van der Waals surface area contributed by atoms with Gasteiger partial charge in [-0.05, 0) is 101 Å². The zero-order chi connectivity index (χ0) is 77.5. The number of morpholine rings is 1. The molecule has 11 atom stereocenters. The molecule has 594 valence electrons. The lowest BCUT2D eigenvalue weighted by Crippen LogP contribution is -2.65. The van der Waals surface area contributed by atoms with Crippen LogP contribution < -0.4 is 16.0 Å². The van der Waals surface area contributed by atoms with Crippen molar-refractivity contribution < 1.29 is 89.0 Å². The zero-order valence-corrected chi connectivity index (χ0v) is 64.0. The molecule has 2 unspecified atom stereocenters. The van der Waals surface area contributed by atoms with E-state index in [9.17, 15) is 41.9 Å². The fraction of sp³-hybridized carbons (Fsp3) is 0.838. The summed E-state index contributed by atoms with van der Waals surface area (Å²) in [4.78, 5) is 192.